The first-order valence-electron chi connectivity index (χ1n) is 8.81. The van der Waals surface area contributed by atoms with Crippen molar-refractivity contribution in [3.05, 3.63) is 35.4 Å². The van der Waals surface area contributed by atoms with Crippen LogP contribution in [0.5, 0.6) is 0 Å². The van der Waals surface area contributed by atoms with Gasteiger partial charge in [-0.3, -0.25) is 14.2 Å². The van der Waals surface area contributed by atoms with Crippen molar-refractivity contribution in [2.45, 2.75) is 23.8 Å². The van der Waals surface area contributed by atoms with Gasteiger partial charge in [-0.05, 0) is 43.2 Å². The molecule has 0 atom stereocenters. The van der Waals surface area contributed by atoms with Crippen molar-refractivity contribution in [2.24, 2.45) is 0 Å². The van der Waals surface area contributed by atoms with Crippen molar-refractivity contribution >= 4 is 49.1 Å². The summed E-state index contributed by atoms with van der Waals surface area (Å²) in [6.07, 6.45) is 0.757. The molecule has 0 unspecified atom stereocenters. The Hall–Kier alpha value is -1.89. The Kier molecular flexibility index (Phi) is 5.21. The van der Waals surface area contributed by atoms with Crippen molar-refractivity contribution in [2.75, 3.05) is 17.2 Å². The van der Waals surface area contributed by atoms with Crippen molar-refractivity contribution in [3.8, 4) is 11.3 Å². The number of nitrogens with two attached hydrogens (primary N) is 1. The van der Waals surface area contributed by atoms with Crippen LogP contribution in [-0.4, -0.2) is 50.3 Å². The van der Waals surface area contributed by atoms with Gasteiger partial charge in [0.15, 0.2) is 5.82 Å². The number of nitrogens with zero attached hydrogens (tertiary/aromatic N) is 2. The van der Waals surface area contributed by atoms with E-state index in [-0.39, 0.29) is 33.3 Å². The van der Waals surface area contributed by atoms with E-state index in [2.05, 4.69) is 19.9 Å². The molecule has 0 bridgehead atoms. The molecule has 1 saturated heterocycles. The molecule has 12 heteroatoms. The standard InChI is InChI=1S/C17H20ClN5O4S2/c18-13-9-11(29(26,27)23-10-5-7-28(24,25)8-6-10)1-2-12(13)14-3-4-15-16(20-14)17(19)22-21-15/h1-4,9-10,23-25H,5-8H2,(H3,19,21,22). The van der Waals surface area contributed by atoms with Gasteiger partial charge in [0.05, 0.1) is 21.1 Å². The minimum absolute atomic E-state index is 0.0346. The first-order valence-corrected chi connectivity index (χ1v) is 12.6. The highest BCUT2D eigenvalue weighted by Crippen LogP contribution is 2.44. The zero-order chi connectivity index (χ0) is 20.8. The molecule has 9 nitrogen and oxygen atoms in total. The number of hydrogen-bond donors (Lipinski definition) is 5. The molecular weight excluding hydrogens is 438 g/mol. The number of benzene rings is 1. The van der Waals surface area contributed by atoms with E-state index in [1.54, 1.807) is 18.2 Å². The number of rotatable bonds is 4. The van der Waals surface area contributed by atoms with E-state index in [1.165, 1.54) is 12.1 Å². The van der Waals surface area contributed by atoms with Crippen LogP contribution in [0.25, 0.3) is 22.3 Å². The number of halogens is 1. The summed E-state index contributed by atoms with van der Waals surface area (Å²) in [5.74, 6) is 0.668. The summed E-state index contributed by atoms with van der Waals surface area (Å²) < 4.78 is 47.4. The molecule has 1 aromatic carbocycles. The summed E-state index contributed by atoms with van der Waals surface area (Å²) in [7, 11) is -6.37. The molecule has 0 spiro atoms. The van der Waals surface area contributed by atoms with Gasteiger partial charge in [-0.25, -0.2) is 18.1 Å². The van der Waals surface area contributed by atoms with E-state index < -0.39 is 20.6 Å². The lowest BCUT2D eigenvalue weighted by atomic mass is 10.1. The van der Waals surface area contributed by atoms with Crippen LogP contribution in [0.1, 0.15) is 12.8 Å². The molecule has 156 valence electrons. The third-order valence-corrected chi connectivity index (χ3v) is 8.48. The summed E-state index contributed by atoms with van der Waals surface area (Å²) in [5, 5.41) is 6.91. The smallest absolute Gasteiger partial charge is 0.240 e. The first kappa shape index (κ1) is 20.4. The molecule has 0 radical (unpaired) electrons. The Bertz CT molecular complexity index is 1170. The van der Waals surface area contributed by atoms with E-state index in [0.29, 0.717) is 35.1 Å². The molecule has 4 rings (SSSR count). The second-order valence-corrected chi connectivity index (χ2v) is 11.5. The number of aromatic amines is 1. The molecule has 1 aliphatic heterocycles. The topological polar surface area (TPSA) is 154 Å². The second kappa shape index (κ2) is 7.42. The maximum atomic E-state index is 12.7. The van der Waals surface area contributed by atoms with Gasteiger partial charge in [-0.1, -0.05) is 11.6 Å². The Morgan fingerprint density at radius 2 is 1.93 bits per heavy atom. The van der Waals surface area contributed by atoms with Crippen LogP contribution in [0.4, 0.5) is 5.82 Å². The molecule has 1 aliphatic rings. The minimum Gasteiger partial charge on any atom is -0.380 e. The Balaban J connectivity index is 1.58. The third kappa shape index (κ3) is 4.20. The van der Waals surface area contributed by atoms with Gasteiger partial charge in [0.1, 0.15) is 5.52 Å². The van der Waals surface area contributed by atoms with Gasteiger partial charge < -0.3 is 5.73 Å². The third-order valence-electron chi connectivity index (χ3n) is 4.87. The predicted molar refractivity (Wildman–Crippen MR) is 115 cm³/mol. The number of nitrogens with one attached hydrogen (secondary N) is 2. The summed E-state index contributed by atoms with van der Waals surface area (Å²) in [6.45, 7) is 0. The number of sulfonamides is 1. The molecule has 3 heterocycles. The fourth-order valence-electron chi connectivity index (χ4n) is 3.25. The number of hydrogen-bond acceptors (Lipinski definition) is 7. The van der Waals surface area contributed by atoms with Crippen LogP contribution < -0.4 is 10.5 Å². The molecule has 3 aromatic rings. The Morgan fingerprint density at radius 3 is 2.62 bits per heavy atom. The highest BCUT2D eigenvalue weighted by Gasteiger charge is 2.28. The van der Waals surface area contributed by atoms with Crippen molar-refractivity contribution in [3.63, 3.8) is 0 Å². The van der Waals surface area contributed by atoms with Crippen LogP contribution in [-0.2, 0) is 10.0 Å². The van der Waals surface area contributed by atoms with Crippen molar-refractivity contribution in [1.29, 1.82) is 0 Å². The number of nitrogen functional groups attached to an aromatic ring is 1. The maximum Gasteiger partial charge on any atom is 0.240 e. The summed E-state index contributed by atoms with van der Waals surface area (Å²) in [4.78, 5) is 4.49. The van der Waals surface area contributed by atoms with E-state index >= 15 is 0 Å². The van der Waals surface area contributed by atoms with Crippen LogP contribution >= 0.6 is 22.2 Å². The van der Waals surface area contributed by atoms with Gasteiger partial charge in [-0.2, -0.15) is 15.7 Å². The van der Waals surface area contributed by atoms with E-state index in [0.717, 1.165) is 0 Å². The molecule has 2 aromatic heterocycles. The van der Waals surface area contributed by atoms with Crippen molar-refractivity contribution < 1.29 is 17.5 Å². The lowest BCUT2D eigenvalue weighted by molar-refractivity contribution is 0.444. The van der Waals surface area contributed by atoms with Gasteiger partial charge in [0.25, 0.3) is 0 Å². The number of pyridine rings is 1. The number of aromatic nitrogens is 3. The first-order chi connectivity index (χ1) is 13.6. The summed E-state index contributed by atoms with van der Waals surface area (Å²) >= 11 is 6.37. The second-order valence-electron chi connectivity index (χ2n) is 6.95. The van der Waals surface area contributed by atoms with Crippen LogP contribution in [0.15, 0.2) is 35.2 Å². The van der Waals surface area contributed by atoms with Gasteiger partial charge in [0, 0.05) is 23.1 Å². The fourth-order valence-corrected chi connectivity index (χ4v) is 6.45. The zero-order valence-corrected chi connectivity index (χ0v) is 17.6. The average Bonchev–Trinajstić information content (AvgIpc) is 3.04. The molecular formula is C17H20ClN5O4S2. The van der Waals surface area contributed by atoms with E-state index in [9.17, 15) is 17.5 Å². The zero-order valence-electron chi connectivity index (χ0n) is 15.2. The lowest BCUT2D eigenvalue weighted by Crippen LogP contribution is -2.39. The van der Waals surface area contributed by atoms with Gasteiger partial charge in [-0.15, -0.1) is 0 Å². The monoisotopic (exact) mass is 457 g/mol. The summed E-state index contributed by atoms with van der Waals surface area (Å²) in [5.41, 5.74) is 8.11. The van der Waals surface area contributed by atoms with Gasteiger partial charge in [0.2, 0.25) is 10.0 Å². The average molecular weight is 458 g/mol. The lowest BCUT2D eigenvalue weighted by Gasteiger charge is -2.39. The molecule has 6 N–H and O–H groups in total. The van der Waals surface area contributed by atoms with Crippen molar-refractivity contribution in [1.82, 2.24) is 19.9 Å². The quantitative estimate of drug-likeness (QED) is 0.403. The Labute approximate surface area is 174 Å². The van der Waals surface area contributed by atoms with Gasteiger partial charge >= 0.3 is 0 Å². The van der Waals surface area contributed by atoms with Crippen LogP contribution in [0, 0.1) is 0 Å². The largest absolute Gasteiger partial charge is 0.380 e. The Morgan fingerprint density at radius 1 is 1.21 bits per heavy atom. The van der Waals surface area contributed by atoms with E-state index in [1.807, 2.05) is 0 Å². The highest BCUT2D eigenvalue weighted by molar-refractivity contribution is 8.24. The summed E-state index contributed by atoms with van der Waals surface area (Å²) in [6, 6.07) is 7.61. The van der Waals surface area contributed by atoms with Crippen LogP contribution in [0.3, 0.4) is 0 Å². The number of H-pyrrole nitrogens is 1. The molecule has 1 fully saturated rings. The SMILES string of the molecule is Nc1n[nH]c2ccc(-c3ccc(S(=O)(=O)NC4CCS(O)(O)CC4)cc3Cl)nc12. The molecule has 0 aliphatic carbocycles. The normalized spacial score (nSPS) is 18.7. The predicted octanol–water partition coefficient (Wildman–Crippen LogP) is 3.05. The maximum absolute atomic E-state index is 12.7. The highest BCUT2D eigenvalue weighted by atomic mass is 35.5. The fraction of sp³-hybridized carbons (Fsp3) is 0.294. The number of fused-ring (bicyclic) bond motifs is 1. The van der Waals surface area contributed by atoms with E-state index in [4.69, 9.17) is 17.3 Å². The molecule has 29 heavy (non-hydrogen) atoms. The molecule has 0 amide bonds. The number of anilines is 1. The minimum atomic E-state index is -3.79. The molecule has 0 saturated carbocycles. The van der Waals surface area contributed by atoms with Crippen LogP contribution in [0.2, 0.25) is 5.02 Å².